The minimum atomic E-state index is 0.883. The van der Waals surface area contributed by atoms with E-state index in [-0.39, 0.29) is 0 Å². The van der Waals surface area contributed by atoms with Crippen molar-refractivity contribution in [2.24, 2.45) is 23.2 Å². The Morgan fingerprint density at radius 1 is 1.08 bits per heavy atom. The predicted octanol–water partition coefficient (Wildman–Crippen LogP) is 4.00. The fourth-order valence-electron chi connectivity index (χ4n) is 3.75. The van der Waals surface area contributed by atoms with Gasteiger partial charge in [0.2, 0.25) is 0 Å². The van der Waals surface area contributed by atoms with Crippen LogP contribution in [0.25, 0.3) is 0 Å². The van der Waals surface area contributed by atoms with Gasteiger partial charge in [0.05, 0.1) is 0 Å². The Balaban J connectivity index is 1.47. The summed E-state index contributed by atoms with van der Waals surface area (Å²) >= 11 is 0. The fourth-order valence-corrected chi connectivity index (χ4v) is 3.75. The molecule has 0 aromatic heterocycles. The van der Waals surface area contributed by atoms with Crippen LogP contribution in [0, 0.1) is 23.2 Å². The van der Waals surface area contributed by atoms with Crippen LogP contribution in [0.5, 0.6) is 0 Å². The van der Waals surface area contributed by atoms with Crippen molar-refractivity contribution in [3.8, 4) is 0 Å². The lowest BCUT2D eigenvalue weighted by atomic mass is 9.91. The summed E-state index contributed by atoms with van der Waals surface area (Å²) in [6.07, 6.45) is 12.5. The van der Waals surface area contributed by atoms with E-state index in [9.17, 15) is 0 Å². The minimum Gasteiger partial charge on any atom is -0.0648 e. The lowest BCUT2D eigenvalue weighted by Crippen LogP contribution is -2.02. The molecule has 0 bridgehead atoms. The highest BCUT2D eigenvalue weighted by Gasteiger charge is 2.58. The maximum absolute atomic E-state index is 2.41. The molecule has 0 heterocycles. The van der Waals surface area contributed by atoms with Crippen molar-refractivity contribution in [3.63, 3.8) is 0 Å². The van der Waals surface area contributed by atoms with Gasteiger partial charge in [-0.05, 0) is 42.4 Å². The van der Waals surface area contributed by atoms with E-state index < -0.39 is 0 Å². The zero-order chi connectivity index (χ0) is 8.89. The molecule has 3 unspecified atom stereocenters. The van der Waals surface area contributed by atoms with Crippen LogP contribution in [-0.2, 0) is 0 Å². The smallest absolute Gasteiger partial charge is 0.0266 e. The van der Waals surface area contributed by atoms with E-state index in [1.165, 1.54) is 12.3 Å². The van der Waals surface area contributed by atoms with Crippen LogP contribution >= 0.6 is 0 Å². The molecule has 0 saturated heterocycles. The van der Waals surface area contributed by atoms with E-state index in [2.05, 4.69) is 6.92 Å². The van der Waals surface area contributed by atoms with E-state index >= 15 is 0 Å². The summed E-state index contributed by atoms with van der Waals surface area (Å²) in [5.74, 6) is 3.47. The van der Waals surface area contributed by atoms with Crippen molar-refractivity contribution >= 4 is 0 Å². The fraction of sp³-hybridized carbons (Fsp3) is 1.00. The maximum atomic E-state index is 2.41. The molecule has 3 saturated carbocycles. The molecule has 0 amide bonds. The van der Waals surface area contributed by atoms with E-state index in [1.807, 2.05) is 0 Å². The molecule has 3 rings (SSSR count). The molecule has 0 radical (unpaired) electrons. The van der Waals surface area contributed by atoms with Crippen molar-refractivity contribution in [2.45, 2.75) is 58.3 Å². The van der Waals surface area contributed by atoms with Gasteiger partial charge in [-0.15, -0.1) is 0 Å². The molecular weight excluding hydrogens is 156 g/mol. The number of hydrogen-bond donors (Lipinski definition) is 0. The number of fused-ring (bicyclic) bond motifs is 1. The predicted molar refractivity (Wildman–Crippen MR) is 55.5 cm³/mol. The van der Waals surface area contributed by atoms with Gasteiger partial charge in [0.25, 0.3) is 0 Å². The van der Waals surface area contributed by atoms with Crippen LogP contribution in [0.15, 0.2) is 0 Å². The van der Waals surface area contributed by atoms with Gasteiger partial charge in [0.1, 0.15) is 0 Å². The number of rotatable bonds is 4. The third-order valence-corrected chi connectivity index (χ3v) is 5.06. The van der Waals surface area contributed by atoms with Crippen LogP contribution in [0.4, 0.5) is 0 Å². The quantitative estimate of drug-likeness (QED) is 0.610. The van der Waals surface area contributed by atoms with Crippen LogP contribution < -0.4 is 0 Å². The van der Waals surface area contributed by atoms with Gasteiger partial charge in [-0.25, -0.2) is 0 Å². The molecule has 0 heteroatoms. The zero-order valence-corrected chi connectivity index (χ0v) is 8.89. The molecule has 3 aliphatic carbocycles. The van der Waals surface area contributed by atoms with Gasteiger partial charge >= 0.3 is 0 Å². The first-order valence-electron chi connectivity index (χ1n) is 6.32. The molecule has 0 nitrogen and oxygen atoms in total. The van der Waals surface area contributed by atoms with Crippen molar-refractivity contribution < 1.29 is 0 Å². The molecular formula is C13H22. The second-order valence-electron chi connectivity index (χ2n) is 5.94. The molecule has 0 aromatic carbocycles. The van der Waals surface area contributed by atoms with Crippen molar-refractivity contribution in [1.82, 2.24) is 0 Å². The third kappa shape index (κ3) is 1.43. The Hall–Kier alpha value is 0. The summed E-state index contributed by atoms with van der Waals surface area (Å²) in [6.45, 7) is 2.41. The summed E-state index contributed by atoms with van der Waals surface area (Å²) < 4.78 is 0. The van der Waals surface area contributed by atoms with E-state index in [4.69, 9.17) is 0 Å². The highest BCUT2D eigenvalue weighted by Crippen LogP contribution is 2.67. The maximum Gasteiger partial charge on any atom is -0.0266 e. The normalized spacial score (nSPS) is 47.8. The highest BCUT2D eigenvalue weighted by atomic mass is 14.6. The van der Waals surface area contributed by atoms with Gasteiger partial charge in [-0.2, -0.15) is 0 Å². The molecule has 3 aliphatic rings. The zero-order valence-electron chi connectivity index (χ0n) is 8.89. The molecule has 74 valence electrons. The van der Waals surface area contributed by atoms with E-state index in [1.54, 1.807) is 44.9 Å². The van der Waals surface area contributed by atoms with Crippen molar-refractivity contribution in [2.75, 3.05) is 0 Å². The van der Waals surface area contributed by atoms with Crippen LogP contribution in [0.1, 0.15) is 58.3 Å². The lowest BCUT2D eigenvalue weighted by molar-refractivity contribution is 0.373. The molecule has 3 atom stereocenters. The molecule has 13 heavy (non-hydrogen) atoms. The second kappa shape index (κ2) is 2.74. The molecule has 0 spiro atoms. The Morgan fingerprint density at radius 2 is 1.85 bits per heavy atom. The van der Waals surface area contributed by atoms with E-state index in [0.29, 0.717) is 0 Å². The van der Waals surface area contributed by atoms with Gasteiger partial charge in [-0.3, -0.25) is 0 Å². The molecule has 0 N–H and O–H groups in total. The lowest BCUT2D eigenvalue weighted by Gasteiger charge is -2.14. The van der Waals surface area contributed by atoms with Crippen molar-refractivity contribution in [3.05, 3.63) is 0 Å². The van der Waals surface area contributed by atoms with Gasteiger partial charge in [0.15, 0.2) is 0 Å². The molecule has 0 aromatic rings. The number of hydrogen-bond acceptors (Lipinski definition) is 0. The summed E-state index contributed by atoms with van der Waals surface area (Å²) in [5, 5.41) is 0. The van der Waals surface area contributed by atoms with Gasteiger partial charge in [0, 0.05) is 0 Å². The summed E-state index contributed by atoms with van der Waals surface area (Å²) in [4.78, 5) is 0. The Kier molecular flexibility index (Phi) is 1.76. The molecule has 0 aliphatic heterocycles. The topological polar surface area (TPSA) is 0 Å². The Bertz CT molecular complexity index is 200. The van der Waals surface area contributed by atoms with Gasteiger partial charge in [-0.1, -0.05) is 39.0 Å². The Labute approximate surface area is 82.1 Å². The standard InChI is InChI=1S/C13H22/c1-2-13-8-11(7-12(13)9-13)6-5-10-3-4-10/h10-12H,2-9H2,1H3. The van der Waals surface area contributed by atoms with Crippen LogP contribution in [0.3, 0.4) is 0 Å². The van der Waals surface area contributed by atoms with Crippen molar-refractivity contribution in [1.29, 1.82) is 0 Å². The molecule has 3 fully saturated rings. The van der Waals surface area contributed by atoms with Crippen LogP contribution in [-0.4, -0.2) is 0 Å². The second-order valence-corrected chi connectivity index (χ2v) is 5.94. The SMILES string of the molecule is CCC12CC(CCC3CC3)CC1C2. The monoisotopic (exact) mass is 178 g/mol. The summed E-state index contributed by atoms with van der Waals surface area (Å²) in [6, 6.07) is 0. The van der Waals surface area contributed by atoms with Crippen LogP contribution in [0.2, 0.25) is 0 Å². The van der Waals surface area contributed by atoms with E-state index in [0.717, 1.165) is 17.3 Å². The first-order valence-corrected chi connectivity index (χ1v) is 6.32. The Morgan fingerprint density at radius 3 is 2.46 bits per heavy atom. The summed E-state index contributed by atoms with van der Waals surface area (Å²) in [5.41, 5.74) is 0.883. The summed E-state index contributed by atoms with van der Waals surface area (Å²) in [7, 11) is 0. The first kappa shape index (κ1) is 8.32. The third-order valence-electron chi connectivity index (χ3n) is 5.06. The average molecular weight is 178 g/mol. The largest absolute Gasteiger partial charge is 0.0648 e. The first-order chi connectivity index (χ1) is 6.32. The average Bonchev–Trinajstić information content (AvgIpc) is 3.04. The van der Waals surface area contributed by atoms with Gasteiger partial charge < -0.3 is 0 Å². The highest BCUT2D eigenvalue weighted by molar-refractivity contribution is 5.08. The minimum absolute atomic E-state index is 0.883.